The summed E-state index contributed by atoms with van der Waals surface area (Å²) in [5.74, 6) is 2.05. The molecule has 1 fully saturated rings. The summed E-state index contributed by atoms with van der Waals surface area (Å²) in [7, 11) is 3.23. The lowest BCUT2D eigenvalue weighted by Gasteiger charge is -2.35. The average Bonchev–Trinajstić information content (AvgIpc) is 3.30. The molecule has 36 heavy (non-hydrogen) atoms. The van der Waals surface area contributed by atoms with Crippen molar-refractivity contribution in [1.82, 2.24) is 15.0 Å². The molecular weight excluding hydrogens is 471 g/mol. The zero-order valence-corrected chi connectivity index (χ0v) is 20.7. The van der Waals surface area contributed by atoms with Gasteiger partial charge in [-0.25, -0.2) is 0 Å². The molecule has 194 valence electrons. The van der Waals surface area contributed by atoms with Crippen LogP contribution in [0.1, 0.15) is 29.7 Å². The van der Waals surface area contributed by atoms with Crippen molar-refractivity contribution in [2.45, 2.75) is 32.0 Å². The topological polar surface area (TPSA) is 51.0 Å². The van der Waals surface area contributed by atoms with E-state index in [4.69, 9.17) is 14.0 Å². The van der Waals surface area contributed by atoms with Crippen LogP contribution in [0.3, 0.4) is 0 Å². The van der Waals surface area contributed by atoms with Crippen LogP contribution in [-0.2, 0) is 19.1 Å². The third kappa shape index (κ3) is 6.20. The van der Waals surface area contributed by atoms with E-state index in [1.54, 1.807) is 26.4 Å². The number of hydrogen-bond acceptors (Lipinski definition) is 6. The van der Waals surface area contributed by atoms with Crippen LogP contribution >= 0.6 is 0 Å². The summed E-state index contributed by atoms with van der Waals surface area (Å²) in [5.41, 5.74) is 1.26. The Kier molecular flexibility index (Phi) is 8.53. The van der Waals surface area contributed by atoms with Crippen molar-refractivity contribution in [1.29, 1.82) is 0 Å². The van der Waals surface area contributed by atoms with Gasteiger partial charge in [0.15, 0.2) is 17.2 Å². The standard InChI is InChI=1S/C27H32F3N3O3/c1-34-23-12-6-4-10-21(23)25-26(35-2)24(36-31-25)13-7-8-14-32-15-17-33(18-16-32)19-20-9-3-5-11-22(20)27(28,29)30/h3-6,9-12H,7-8,13-19H2,1-2H3. The van der Waals surface area contributed by atoms with Gasteiger partial charge in [0.05, 0.1) is 19.8 Å². The lowest BCUT2D eigenvalue weighted by atomic mass is 10.1. The van der Waals surface area contributed by atoms with Crippen LogP contribution in [0.25, 0.3) is 11.3 Å². The third-order valence-corrected chi connectivity index (χ3v) is 6.59. The van der Waals surface area contributed by atoms with Crippen LogP contribution in [0, 0.1) is 0 Å². The van der Waals surface area contributed by atoms with E-state index >= 15 is 0 Å². The maximum atomic E-state index is 13.3. The molecule has 0 saturated carbocycles. The van der Waals surface area contributed by atoms with E-state index in [1.165, 1.54) is 6.07 Å². The Morgan fingerprint density at radius 1 is 0.889 bits per heavy atom. The summed E-state index contributed by atoms with van der Waals surface area (Å²) in [5, 5.41) is 4.23. The first kappa shape index (κ1) is 26.0. The molecule has 2 aromatic carbocycles. The molecular formula is C27H32F3N3O3. The summed E-state index contributed by atoms with van der Waals surface area (Å²) in [6.45, 7) is 4.45. The molecule has 3 aromatic rings. The Balaban J connectivity index is 1.24. The van der Waals surface area contributed by atoms with Gasteiger partial charge in [0.1, 0.15) is 5.75 Å². The van der Waals surface area contributed by atoms with Crippen LogP contribution in [0.15, 0.2) is 53.1 Å². The van der Waals surface area contributed by atoms with Crippen molar-refractivity contribution < 1.29 is 27.2 Å². The zero-order chi connectivity index (χ0) is 25.5. The molecule has 1 aliphatic heterocycles. The van der Waals surface area contributed by atoms with Gasteiger partial charge < -0.3 is 18.9 Å². The monoisotopic (exact) mass is 503 g/mol. The summed E-state index contributed by atoms with van der Waals surface area (Å²) in [6, 6.07) is 13.5. The van der Waals surface area contributed by atoms with Gasteiger partial charge in [0.25, 0.3) is 0 Å². The molecule has 9 heteroatoms. The van der Waals surface area contributed by atoms with E-state index in [-0.39, 0.29) is 0 Å². The van der Waals surface area contributed by atoms with Crippen LogP contribution in [-0.4, -0.2) is 61.9 Å². The number of para-hydroxylation sites is 1. The van der Waals surface area contributed by atoms with E-state index < -0.39 is 11.7 Å². The largest absolute Gasteiger partial charge is 0.496 e. The summed E-state index contributed by atoms with van der Waals surface area (Å²) >= 11 is 0. The Morgan fingerprint density at radius 3 is 2.31 bits per heavy atom. The predicted octanol–water partition coefficient (Wildman–Crippen LogP) is 5.52. The van der Waals surface area contributed by atoms with Crippen LogP contribution in [0.2, 0.25) is 0 Å². The van der Waals surface area contributed by atoms with E-state index in [1.807, 2.05) is 24.3 Å². The van der Waals surface area contributed by atoms with Gasteiger partial charge in [-0.2, -0.15) is 13.2 Å². The predicted molar refractivity (Wildman–Crippen MR) is 131 cm³/mol. The minimum absolute atomic E-state index is 0.323. The average molecular weight is 504 g/mol. The summed E-state index contributed by atoms with van der Waals surface area (Å²) in [4.78, 5) is 4.46. The minimum atomic E-state index is -4.32. The van der Waals surface area contributed by atoms with Crippen molar-refractivity contribution >= 4 is 0 Å². The van der Waals surface area contributed by atoms with Gasteiger partial charge >= 0.3 is 6.18 Å². The Morgan fingerprint density at radius 2 is 1.58 bits per heavy atom. The van der Waals surface area contributed by atoms with Crippen molar-refractivity contribution in [2.24, 2.45) is 0 Å². The van der Waals surface area contributed by atoms with Gasteiger partial charge in [-0.05, 0) is 43.1 Å². The molecule has 0 N–H and O–H groups in total. The van der Waals surface area contributed by atoms with Crippen molar-refractivity contribution in [3.8, 4) is 22.8 Å². The first-order chi connectivity index (χ1) is 17.4. The maximum absolute atomic E-state index is 13.3. The second-order valence-corrected chi connectivity index (χ2v) is 8.92. The highest BCUT2D eigenvalue weighted by molar-refractivity contribution is 5.72. The van der Waals surface area contributed by atoms with Crippen molar-refractivity contribution in [2.75, 3.05) is 46.9 Å². The van der Waals surface area contributed by atoms with Gasteiger partial charge in [0, 0.05) is 44.7 Å². The number of piperazine rings is 1. The lowest BCUT2D eigenvalue weighted by Crippen LogP contribution is -2.46. The lowest BCUT2D eigenvalue weighted by molar-refractivity contribution is -0.138. The first-order valence-electron chi connectivity index (χ1n) is 12.2. The maximum Gasteiger partial charge on any atom is 0.416 e. The molecule has 0 bridgehead atoms. The van der Waals surface area contributed by atoms with E-state index in [0.29, 0.717) is 41.5 Å². The smallest absolute Gasteiger partial charge is 0.416 e. The molecule has 0 spiro atoms. The fraction of sp³-hybridized carbons (Fsp3) is 0.444. The highest BCUT2D eigenvalue weighted by atomic mass is 19.4. The number of unbranched alkanes of at least 4 members (excludes halogenated alkanes) is 1. The number of halogens is 3. The van der Waals surface area contributed by atoms with E-state index in [2.05, 4.69) is 15.0 Å². The van der Waals surface area contributed by atoms with Gasteiger partial charge in [-0.1, -0.05) is 35.5 Å². The van der Waals surface area contributed by atoms with E-state index in [0.717, 1.165) is 57.2 Å². The normalized spacial score (nSPS) is 15.2. The molecule has 0 atom stereocenters. The molecule has 0 aliphatic carbocycles. The molecule has 1 aliphatic rings. The number of nitrogens with zero attached hydrogens (tertiary/aromatic N) is 3. The van der Waals surface area contributed by atoms with E-state index in [9.17, 15) is 13.2 Å². The number of aromatic nitrogens is 1. The molecule has 1 aromatic heterocycles. The molecule has 4 rings (SSSR count). The Labute approximate surface area is 209 Å². The van der Waals surface area contributed by atoms with Gasteiger partial charge in [-0.3, -0.25) is 4.90 Å². The Bertz CT molecular complexity index is 1120. The number of hydrogen-bond donors (Lipinski definition) is 0. The van der Waals surface area contributed by atoms with Crippen LogP contribution < -0.4 is 9.47 Å². The van der Waals surface area contributed by atoms with Crippen molar-refractivity contribution in [3.63, 3.8) is 0 Å². The molecule has 2 heterocycles. The van der Waals surface area contributed by atoms with Crippen LogP contribution in [0.4, 0.5) is 13.2 Å². The highest BCUT2D eigenvalue weighted by Gasteiger charge is 2.33. The minimum Gasteiger partial charge on any atom is -0.496 e. The number of rotatable bonds is 10. The van der Waals surface area contributed by atoms with Crippen molar-refractivity contribution in [3.05, 3.63) is 65.4 Å². The molecule has 1 saturated heterocycles. The molecule has 0 radical (unpaired) electrons. The second kappa shape index (κ2) is 11.8. The Hall–Kier alpha value is -3.04. The summed E-state index contributed by atoms with van der Waals surface area (Å²) in [6.07, 6.45) is -1.72. The number of ether oxygens (including phenoxy) is 2. The van der Waals surface area contributed by atoms with Crippen LogP contribution in [0.5, 0.6) is 11.5 Å². The quantitative estimate of drug-likeness (QED) is 0.340. The number of alkyl halides is 3. The number of aryl methyl sites for hydroxylation is 1. The number of methoxy groups -OCH3 is 2. The second-order valence-electron chi connectivity index (χ2n) is 8.92. The first-order valence-corrected chi connectivity index (χ1v) is 12.2. The molecule has 6 nitrogen and oxygen atoms in total. The zero-order valence-electron chi connectivity index (χ0n) is 20.7. The van der Waals surface area contributed by atoms with Gasteiger partial charge in [0.2, 0.25) is 0 Å². The fourth-order valence-corrected chi connectivity index (χ4v) is 4.66. The SMILES string of the molecule is COc1ccccc1-c1noc(CCCCN2CCN(Cc3ccccc3C(F)(F)F)CC2)c1OC. The third-order valence-electron chi connectivity index (χ3n) is 6.59. The number of benzene rings is 2. The molecule has 0 amide bonds. The molecule has 0 unspecified atom stereocenters. The van der Waals surface area contributed by atoms with Gasteiger partial charge in [-0.15, -0.1) is 0 Å². The fourth-order valence-electron chi connectivity index (χ4n) is 4.66. The highest BCUT2D eigenvalue weighted by Crippen LogP contribution is 2.38. The summed E-state index contributed by atoms with van der Waals surface area (Å²) < 4.78 is 56.5.